The molecule has 4 heterocycles. The Morgan fingerprint density at radius 2 is 1.73 bits per heavy atom. The monoisotopic (exact) mass is 717 g/mol. The molecule has 0 unspecified atom stereocenters. The predicted molar refractivity (Wildman–Crippen MR) is 201 cm³/mol. The Kier molecular flexibility index (Phi) is 8.47. The fourth-order valence-electron chi connectivity index (χ4n) is 9.17. The molecule has 8 rings (SSSR count). The first kappa shape index (κ1) is 34.1. The lowest BCUT2D eigenvalue weighted by molar-refractivity contribution is -0.148. The Hall–Kier alpha value is -4.97. The summed E-state index contributed by atoms with van der Waals surface area (Å²) < 4.78 is 18.8. The number of para-hydroxylation sites is 3. The van der Waals surface area contributed by atoms with Gasteiger partial charge in [-0.15, -0.1) is 0 Å². The topological polar surface area (TPSA) is 118 Å². The van der Waals surface area contributed by atoms with Crippen molar-refractivity contribution >= 4 is 48.0 Å². The molecule has 4 aliphatic rings. The molecule has 0 saturated carbocycles. The number of likely N-dealkylation sites (tertiary alicyclic amines) is 1. The lowest BCUT2D eigenvalue weighted by Crippen LogP contribution is -2.52. The van der Waals surface area contributed by atoms with Gasteiger partial charge in [0, 0.05) is 29.4 Å². The number of fused-ring (bicyclic) bond motifs is 4. The molecule has 0 aliphatic carbocycles. The average Bonchev–Trinajstić information content (AvgIpc) is 3.81. The summed E-state index contributed by atoms with van der Waals surface area (Å²) in [6.45, 7) is 7.12. The summed E-state index contributed by atoms with van der Waals surface area (Å²) >= 11 is 0. The van der Waals surface area contributed by atoms with E-state index in [0.29, 0.717) is 46.2 Å². The van der Waals surface area contributed by atoms with Crippen molar-refractivity contribution < 1.29 is 33.7 Å². The van der Waals surface area contributed by atoms with Gasteiger partial charge in [-0.2, -0.15) is 0 Å². The third kappa shape index (κ3) is 5.24. The van der Waals surface area contributed by atoms with E-state index in [1.54, 1.807) is 29.0 Å². The minimum absolute atomic E-state index is 0.0758. The molecule has 2 saturated heterocycles. The van der Waals surface area contributed by atoms with Crippen LogP contribution >= 0.6 is 0 Å². The van der Waals surface area contributed by atoms with Gasteiger partial charge in [0.2, 0.25) is 5.91 Å². The van der Waals surface area contributed by atoms with Crippen LogP contribution in [0, 0.1) is 5.92 Å². The van der Waals surface area contributed by atoms with Crippen LogP contribution in [0.15, 0.2) is 91.0 Å². The molecule has 11 heteroatoms. The van der Waals surface area contributed by atoms with E-state index >= 15 is 0 Å². The van der Waals surface area contributed by atoms with Crippen LogP contribution in [0.2, 0.25) is 18.6 Å². The number of carbonyl (C=O) groups excluding carboxylic acids is 3. The van der Waals surface area contributed by atoms with Crippen LogP contribution in [0.1, 0.15) is 42.1 Å². The van der Waals surface area contributed by atoms with Crippen LogP contribution in [-0.2, 0) is 19.9 Å². The largest absolute Gasteiger partial charge is 0.497 e. The van der Waals surface area contributed by atoms with Gasteiger partial charge in [-0.25, -0.2) is 0 Å². The third-order valence-electron chi connectivity index (χ3n) is 11.8. The zero-order valence-corrected chi connectivity index (χ0v) is 30.8. The molecule has 0 bridgehead atoms. The molecular formula is C41H43N3O7Si. The maximum atomic E-state index is 14.4. The second-order valence-electron chi connectivity index (χ2n) is 14.8. The summed E-state index contributed by atoms with van der Waals surface area (Å²) in [4.78, 5) is 46.2. The zero-order chi connectivity index (χ0) is 36.4. The van der Waals surface area contributed by atoms with E-state index < -0.39 is 19.8 Å². The van der Waals surface area contributed by atoms with Crippen molar-refractivity contribution in [3.8, 4) is 17.2 Å². The number of nitrogens with zero attached hydrogens (tertiary/aromatic N) is 2. The van der Waals surface area contributed by atoms with Gasteiger partial charge < -0.3 is 29.5 Å². The summed E-state index contributed by atoms with van der Waals surface area (Å²) in [7, 11) is -0.856. The smallest absolute Gasteiger partial charge is 0.266 e. The Bertz CT molecular complexity index is 2070. The SMILES string of the molecule is COc1ccc([Si](C)(C)[C@H]2[C@H](CC(=O)N3CCC[C@H]3CO)O[C@@]3(C(=O)Nc4ccc(N5C(=O)c6ccccc6Oc6ccccc65)cc43)[C@@H]2C)cc1. The van der Waals surface area contributed by atoms with E-state index in [-0.39, 0.29) is 48.3 Å². The summed E-state index contributed by atoms with van der Waals surface area (Å²) in [5, 5.41) is 14.3. The second-order valence-corrected chi connectivity index (χ2v) is 19.5. The number of hydrogen-bond acceptors (Lipinski definition) is 7. The number of aliphatic hydroxyl groups is 1. The number of carbonyl (C=O) groups is 3. The van der Waals surface area contributed by atoms with Crippen LogP contribution in [0.3, 0.4) is 0 Å². The first-order valence-electron chi connectivity index (χ1n) is 18.0. The molecular weight excluding hydrogens is 675 g/mol. The van der Waals surface area contributed by atoms with Gasteiger partial charge in [-0.1, -0.05) is 61.6 Å². The van der Waals surface area contributed by atoms with Crippen molar-refractivity contribution in [3.05, 3.63) is 102 Å². The molecule has 4 aromatic carbocycles. The fraction of sp³-hybridized carbons (Fsp3) is 0.341. The quantitative estimate of drug-likeness (QED) is 0.215. The maximum Gasteiger partial charge on any atom is 0.266 e. The Balaban J connectivity index is 1.24. The molecule has 5 atom stereocenters. The number of aliphatic hydroxyl groups excluding tert-OH is 1. The Morgan fingerprint density at radius 3 is 2.48 bits per heavy atom. The summed E-state index contributed by atoms with van der Waals surface area (Å²) in [5.74, 6) is 0.799. The molecule has 4 aliphatic heterocycles. The molecule has 0 radical (unpaired) electrons. The molecule has 0 aromatic heterocycles. The molecule has 2 fully saturated rings. The van der Waals surface area contributed by atoms with Gasteiger partial charge >= 0.3 is 0 Å². The van der Waals surface area contributed by atoms with Crippen LogP contribution in [0.5, 0.6) is 17.2 Å². The summed E-state index contributed by atoms with van der Waals surface area (Å²) in [6.07, 6.45) is 1.11. The third-order valence-corrected chi connectivity index (χ3v) is 16.1. The number of methoxy groups -OCH3 is 1. The van der Waals surface area contributed by atoms with Gasteiger partial charge in [-0.05, 0) is 73.0 Å². The van der Waals surface area contributed by atoms with E-state index in [4.69, 9.17) is 14.2 Å². The molecule has 2 N–H and O–H groups in total. The van der Waals surface area contributed by atoms with Crippen molar-refractivity contribution in [2.75, 3.05) is 30.5 Å². The fourth-order valence-corrected chi connectivity index (χ4v) is 13.2. The van der Waals surface area contributed by atoms with Gasteiger partial charge in [0.05, 0.1) is 51.6 Å². The van der Waals surface area contributed by atoms with E-state index in [9.17, 15) is 19.5 Å². The highest BCUT2D eigenvalue weighted by Gasteiger charge is 2.65. The van der Waals surface area contributed by atoms with Crippen LogP contribution in [0.25, 0.3) is 0 Å². The van der Waals surface area contributed by atoms with Gasteiger partial charge in [0.25, 0.3) is 11.8 Å². The summed E-state index contributed by atoms with van der Waals surface area (Å²) in [6, 6.07) is 28.0. The highest BCUT2D eigenvalue weighted by atomic mass is 28.3. The van der Waals surface area contributed by atoms with Gasteiger partial charge in [0.15, 0.2) is 11.4 Å². The van der Waals surface area contributed by atoms with Crippen molar-refractivity contribution in [2.45, 2.75) is 62.6 Å². The van der Waals surface area contributed by atoms with Crippen molar-refractivity contribution in [3.63, 3.8) is 0 Å². The molecule has 10 nitrogen and oxygen atoms in total. The Labute approximate surface area is 304 Å². The average molecular weight is 718 g/mol. The maximum absolute atomic E-state index is 14.4. The first-order valence-corrected chi connectivity index (χ1v) is 21.0. The van der Waals surface area contributed by atoms with Gasteiger partial charge in [-0.3, -0.25) is 19.3 Å². The lowest BCUT2D eigenvalue weighted by Gasteiger charge is -2.37. The van der Waals surface area contributed by atoms with Crippen LogP contribution in [0.4, 0.5) is 17.1 Å². The minimum atomic E-state index is -2.50. The summed E-state index contributed by atoms with van der Waals surface area (Å²) in [5.41, 5.74) is 1.25. The first-order chi connectivity index (χ1) is 25.1. The number of anilines is 3. The lowest BCUT2D eigenvalue weighted by atomic mass is 9.82. The van der Waals surface area contributed by atoms with E-state index in [0.717, 1.165) is 23.8 Å². The minimum Gasteiger partial charge on any atom is -0.497 e. The van der Waals surface area contributed by atoms with Crippen molar-refractivity contribution in [1.29, 1.82) is 0 Å². The number of hydrogen-bond donors (Lipinski definition) is 2. The molecule has 52 heavy (non-hydrogen) atoms. The molecule has 1 spiro atoms. The van der Waals surface area contributed by atoms with Crippen LogP contribution in [-0.4, -0.2) is 68.2 Å². The van der Waals surface area contributed by atoms with Gasteiger partial charge in [0.1, 0.15) is 11.5 Å². The number of amides is 3. The number of nitrogens with one attached hydrogen (secondary N) is 1. The highest BCUT2D eigenvalue weighted by Crippen LogP contribution is 2.59. The Morgan fingerprint density at radius 1 is 1.00 bits per heavy atom. The van der Waals surface area contributed by atoms with Crippen molar-refractivity contribution in [1.82, 2.24) is 4.90 Å². The highest BCUT2D eigenvalue weighted by molar-refractivity contribution is 6.91. The normalized spacial score (nSPS) is 24.9. The second kappa shape index (κ2) is 12.9. The molecule has 268 valence electrons. The predicted octanol–water partition coefficient (Wildman–Crippen LogP) is 6.32. The number of ether oxygens (including phenoxy) is 3. The van der Waals surface area contributed by atoms with E-state index in [2.05, 4.69) is 37.5 Å². The number of benzene rings is 4. The zero-order valence-electron chi connectivity index (χ0n) is 29.8. The van der Waals surface area contributed by atoms with E-state index in [1.807, 2.05) is 66.7 Å². The van der Waals surface area contributed by atoms with E-state index in [1.165, 1.54) is 0 Å². The van der Waals surface area contributed by atoms with Crippen LogP contribution < -0.4 is 24.9 Å². The molecule has 3 amide bonds. The van der Waals surface area contributed by atoms with Crippen molar-refractivity contribution in [2.24, 2.45) is 5.92 Å². The number of rotatable bonds is 7. The standard InChI is InChI=1S/C41H43N3O7Si/c1-25-38(52(3,4)29-18-16-28(49-2)17-19-29)36(23-37(46)43-21-9-10-27(43)24-45)51-41(25)31-22-26(15-20-32(31)42-40(41)48)44-33-12-6-8-14-35(33)50-34-13-7-5-11-30(34)39(44)47/h5-8,11-20,22,25,27,36,38,45H,9-10,21,23-24H2,1-4H3,(H,42,48)/t25-,27+,36+,38-,41+/m1/s1. The molecule has 4 aromatic rings.